The summed E-state index contributed by atoms with van der Waals surface area (Å²) in [4.78, 5) is 0. The van der Waals surface area contributed by atoms with E-state index >= 15 is 0 Å². The van der Waals surface area contributed by atoms with Crippen molar-refractivity contribution in [2.24, 2.45) is 11.8 Å². The van der Waals surface area contributed by atoms with Gasteiger partial charge in [-0.1, -0.05) is 31.9 Å². The molecule has 2 rings (SSSR count). The third-order valence-corrected chi connectivity index (χ3v) is 4.58. The Morgan fingerprint density at radius 3 is 2.79 bits per heavy atom. The number of ether oxygens (including phenoxy) is 1. The minimum Gasteiger partial charge on any atom is -0.496 e. The van der Waals surface area contributed by atoms with Gasteiger partial charge in [-0.25, -0.2) is 0 Å². The molecule has 1 aromatic rings. The standard InChI is InChI=1S/C17H27NO/c1-12-8-9-16(17(10-12)19-4)14(3)18-11-15-7-5-6-13(15)2/h8-10,13-15,18H,5-7,11H2,1-4H3. The molecule has 19 heavy (non-hydrogen) atoms. The van der Waals surface area contributed by atoms with Crippen LogP contribution in [0.1, 0.15) is 50.3 Å². The summed E-state index contributed by atoms with van der Waals surface area (Å²) in [6, 6.07) is 6.81. The fraction of sp³-hybridized carbons (Fsp3) is 0.647. The van der Waals surface area contributed by atoms with E-state index in [0.29, 0.717) is 6.04 Å². The molecule has 1 aromatic carbocycles. The Morgan fingerprint density at radius 2 is 2.16 bits per heavy atom. The Bertz CT molecular complexity index is 416. The fourth-order valence-corrected chi connectivity index (χ4v) is 3.14. The van der Waals surface area contributed by atoms with Crippen LogP contribution in [0.3, 0.4) is 0 Å². The van der Waals surface area contributed by atoms with E-state index in [1.165, 1.54) is 30.4 Å². The molecule has 0 spiro atoms. The first kappa shape index (κ1) is 14.4. The van der Waals surface area contributed by atoms with Crippen molar-refractivity contribution >= 4 is 0 Å². The molecule has 1 aliphatic rings. The minimum atomic E-state index is 0.350. The van der Waals surface area contributed by atoms with Gasteiger partial charge in [0.25, 0.3) is 0 Å². The highest BCUT2D eigenvalue weighted by Crippen LogP contribution is 2.32. The summed E-state index contributed by atoms with van der Waals surface area (Å²) < 4.78 is 5.50. The molecule has 1 N–H and O–H groups in total. The molecule has 0 aromatic heterocycles. The molecular weight excluding hydrogens is 234 g/mol. The number of rotatable bonds is 5. The van der Waals surface area contributed by atoms with Gasteiger partial charge in [0.05, 0.1) is 7.11 Å². The van der Waals surface area contributed by atoms with Crippen LogP contribution >= 0.6 is 0 Å². The molecule has 0 radical (unpaired) electrons. The number of hydrogen-bond donors (Lipinski definition) is 1. The van der Waals surface area contributed by atoms with Crippen molar-refractivity contribution < 1.29 is 4.74 Å². The van der Waals surface area contributed by atoms with Gasteiger partial charge in [0.2, 0.25) is 0 Å². The number of benzene rings is 1. The van der Waals surface area contributed by atoms with Gasteiger partial charge in [-0.3, -0.25) is 0 Å². The molecule has 1 aliphatic carbocycles. The summed E-state index contributed by atoms with van der Waals surface area (Å²) in [6.45, 7) is 7.84. The molecule has 0 bridgehead atoms. The van der Waals surface area contributed by atoms with Crippen molar-refractivity contribution in [3.05, 3.63) is 29.3 Å². The molecule has 0 amide bonds. The van der Waals surface area contributed by atoms with Crippen LogP contribution in [-0.2, 0) is 0 Å². The van der Waals surface area contributed by atoms with E-state index in [4.69, 9.17) is 4.74 Å². The normalized spacial score (nSPS) is 24.4. The lowest BCUT2D eigenvalue weighted by molar-refractivity contribution is 0.365. The van der Waals surface area contributed by atoms with Gasteiger partial charge >= 0.3 is 0 Å². The maximum absolute atomic E-state index is 5.50. The maximum Gasteiger partial charge on any atom is 0.123 e. The molecule has 3 unspecified atom stereocenters. The second-order valence-corrected chi connectivity index (χ2v) is 6.04. The summed E-state index contributed by atoms with van der Waals surface area (Å²) in [5.74, 6) is 2.72. The molecule has 0 heterocycles. The predicted octanol–water partition coefficient (Wildman–Crippen LogP) is 4.09. The van der Waals surface area contributed by atoms with Crippen LogP contribution in [-0.4, -0.2) is 13.7 Å². The lowest BCUT2D eigenvalue weighted by Crippen LogP contribution is -2.27. The Balaban J connectivity index is 1.97. The molecule has 0 aliphatic heterocycles. The second-order valence-electron chi connectivity index (χ2n) is 6.04. The van der Waals surface area contributed by atoms with Gasteiger partial charge in [0.1, 0.15) is 5.75 Å². The first-order valence-corrected chi connectivity index (χ1v) is 7.49. The number of methoxy groups -OCH3 is 1. The number of aryl methyl sites for hydroxylation is 1. The largest absolute Gasteiger partial charge is 0.496 e. The topological polar surface area (TPSA) is 21.3 Å². The third kappa shape index (κ3) is 3.50. The quantitative estimate of drug-likeness (QED) is 0.862. The van der Waals surface area contributed by atoms with Crippen LogP contribution in [0.25, 0.3) is 0 Å². The van der Waals surface area contributed by atoms with Gasteiger partial charge in [-0.15, -0.1) is 0 Å². The molecule has 3 atom stereocenters. The molecule has 2 heteroatoms. The monoisotopic (exact) mass is 261 g/mol. The summed E-state index contributed by atoms with van der Waals surface area (Å²) >= 11 is 0. The van der Waals surface area contributed by atoms with Gasteiger partial charge in [-0.05, 0) is 50.3 Å². The lowest BCUT2D eigenvalue weighted by Gasteiger charge is -2.22. The Hall–Kier alpha value is -1.02. The SMILES string of the molecule is COc1cc(C)ccc1C(C)NCC1CCCC1C. The van der Waals surface area contributed by atoms with Crippen LogP contribution in [0.5, 0.6) is 5.75 Å². The highest BCUT2D eigenvalue weighted by molar-refractivity contribution is 5.39. The van der Waals surface area contributed by atoms with Crippen molar-refractivity contribution in [3.63, 3.8) is 0 Å². The van der Waals surface area contributed by atoms with Crippen LogP contribution in [0.2, 0.25) is 0 Å². The van der Waals surface area contributed by atoms with E-state index in [1.807, 2.05) is 0 Å². The second kappa shape index (κ2) is 6.42. The molecule has 2 nitrogen and oxygen atoms in total. The smallest absolute Gasteiger partial charge is 0.123 e. The fourth-order valence-electron chi connectivity index (χ4n) is 3.14. The number of nitrogens with one attached hydrogen (secondary N) is 1. The highest BCUT2D eigenvalue weighted by Gasteiger charge is 2.23. The molecule has 1 saturated carbocycles. The third-order valence-electron chi connectivity index (χ3n) is 4.58. The van der Waals surface area contributed by atoms with E-state index in [0.717, 1.165) is 24.1 Å². The van der Waals surface area contributed by atoms with Gasteiger partial charge in [-0.2, -0.15) is 0 Å². The van der Waals surface area contributed by atoms with Crippen molar-refractivity contribution in [1.82, 2.24) is 5.32 Å². The van der Waals surface area contributed by atoms with E-state index in [2.05, 4.69) is 44.3 Å². The average Bonchev–Trinajstić information content (AvgIpc) is 2.81. The van der Waals surface area contributed by atoms with Crippen LogP contribution in [0.15, 0.2) is 18.2 Å². The highest BCUT2D eigenvalue weighted by atomic mass is 16.5. The zero-order valence-electron chi connectivity index (χ0n) is 12.7. The average molecular weight is 261 g/mol. The molecular formula is C17H27NO. The Morgan fingerprint density at radius 1 is 1.37 bits per heavy atom. The summed E-state index contributed by atoms with van der Waals surface area (Å²) in [6.07, 6.45) is 4.18. The van der Waals surface area contributed by atoms with Crippen molar-refractivity contribution in [2.45, 2.75) is 46.1 Å². The Labute approximate surface area is 117 Å². The first-order valence-electron chi connectivity index (χ1n) is 7.49. The first-order chi connectivity index (χ1) is 9.11. The van der Waals surface area contributed by atoms with Crippen molar-refractivity contribution in [3.8, 4) is 5.75 Å². The van der Waals surface area contributed by atoms with E-state index in [9.17, 15) is 0 Å². The van der Waals surface area contributed by atoms with Crippen LogP contribution in [0.4, 0.5) is 0 Å². The molecule has 1 fully saturated rings. The van der Waals surface area contributed by atoms with Crippen molar-refractivity contribution in [2.75, 3.05) is 13.7 Å². The molecule has 106 valence electrons. The van der Waals surface area contributed by atoms with Gasteiger partial charge in [0, 0.05) is 11.6 Å². The number of hydrogen-bond acceptors (Lipinski definition) is 2. The molecule has 0 saturated heterocycles. The maximum atomic E-state index is 5.50. The zero-order valence-corrected chi connectivity index (χ0v) is 12.7. The van der Waals surface area contributed by atoms with Crippen molar-refractivity contribution in [1.29, 1.82) is 0 Å². The van der Waals surface area contributed by atoms with Gasteiger partial charge < -0.3 is 10.1 Å². The van der Waals surface area contributed by atoms with Gasteiger partial charge in [0.15, 0.2) is 0 Å². The minimum absolute atomic E-state index is 0.350. The van der Waals surface area contributed by atoms with E-state index < -0.39 is 0 Å². The van der Waals surface area contributed by atoms with Crippen LogP contribution < -0.4 is 10.1 Å². The van der Waals surface area contributed by atoms with Crippen LogP contribution in [0, 0.1) is 18.8 Å². The Kier molecular flexibility index (Phi) is 4.87. The van der Waals surface area contributed by atoms with E-state index in [1.54, 1.807) is 7.11 Å². The summed E-state index contributed by atoms with van der Waals surface area (Å²) in [7, 11) is 1.75. The zero-order chi connectivity index (χ0) is 13.8. The lowest BCUT2D eigenvalue weighted by atomic mass is 9.97. The summed E-state index contributed by atoms with van der Waals surface area (Å²) in [5, 5.41) is 3.69. The predicted molar refractivity (Wildman–Crippen MR) is 80.7 cm³/mol. The summed E-state index contributed by atoms with van der Waals surface area (Å²) in [5.41, 5.74) is 2.51. The van der Waals surface area contributed by atoms with E-state index in [-0.39, 0.29) is 0 Å².